The molecule has 0 spiro atoms. The molecule has 1 aromatic carbocycles. The van der Waals surface area contributed by atoms with Crippen LogP contribution in [0.4, 0.5) is 0 Å². The predicted octanol–water partition coefficient (Wildman–Crippen LogP) is -0.774. The van der Waals surface area contributed by atoms with Crippen molar-refractivity contribution in [3.63, 3.8) is 0 Å². The molecule has 126 valence electrons. The topological polar surface area (TPSA) is 151 Å². The number of aromatic nitrogens is 3. The van der Waals surface area contributed by atoms with Crippen LogP contribution in [0.5, 0.6) is 0 Å². The summed E-state index contributed by atoms with van der Waals surface area (Å²) in [6.45, 7) is -0.109. The standard InChI is InChI=1S/C14H14N4O6/c19-11(15-10(14(23)24)7-12(20)21)5-6-18-13(22)8-3-1-2-4-9(8)16-17-18/h1-4,10H,5-7H2,(H,15,19)(H,20,21)(H,23,24)/t10-/m0/s1. The van der Waals surface area contributed by atoms with Gasteiger partial charge in [-0.2, -0.15) is 0 Å². The molecule has 0 aliphatic carbocycles. The maximum absolute atomic E-state index is 12.2. The number of amides is 1. The van der Waals surface area contributed by atoms with Crippen LogP contribution in [0.25, 0.3) is 10.9 Å². The van der Waals surface area contributed by atoms with Crippen LogP contribution in [0.3, 0.4) is 0 Å². The molecule has 0 fully saturated rings. The van der Waals surface area contributed by atoms with Gasteiger partial charge in [-0.15, -0.1) is 5.10 Å². The number of aliphatic carboxylic acids is 2. The molecule has 1 aromatic heterocycles. The fourth-order valence-corrected chi connectivity index (χ4v) is 2.02. The van der Waals surface area contributed by atoms with Crippen molar-refractivity contribution in [2.45, 2.75) is 25.4 Å². The third-order valence-electron chi connectivity index (χ3n) is 3.19. The predicted molar refractivity (Wildman–Crippen MR) is 80.2 cm³/mol. The van der Waals surface area contributed by atoms with Gasteiger partial charge in [0.25, 0.3) is 5.56 Å². The van der Waals surface area contributed by atoms with E-state index in [1.54, 1.807) is 24.3 Å². The zero-order valence-corrected chi connectivity index (χ0v) is 12.4. The van der Waals surface area contributed by atoms with E-state index in [2.05, 4.69) is 15.6 Å². The largest absolute Gasteiger partial charge is 0.481 e. The lowest BCUT2D eigenvalue weighted by Gasteiger charge is -2.12. The quantitative estimate of drug-likeness (QED) is 0.596. The monoisotopic (exact) mass is 334 g/mol. The molecule has 0 saturated carbocycles. The number of aryl methyl sites for hydroxylation is 1. The van der Waals surface area contributed by atoms with Gasteiger partial charge in [0.15, 0.2) is 0 Å². The van der Waals surface area contributed by atoms with E-state index in [1.165, 1.54) is 0 Å². The number of carboxylic acid groups (broad SMARTS) is 2. The molecule has 0 unspecified atom stereocenters. The Kier molecular flexibility index (Phi) is 5.20. The van der Waals surface area contributed by atoms with E-state index in [9.17, 15) is 19.2 Å². The van der Waals surface area contributed by atoms with Crippen LogP contribution in [0, 0.1) is 0 Å². The normalized spacial score (nSPS) is 11.8. The summed E-state index contributed by atoms with van der Waals surface area (Å²) in [6, 6.07) is 5.06. The van der Waals surface area contributed by atoms with Gasteiger partial charge < -0.3 is 15.5 Å². The maximum Gasteiger partial charge on any atom is 0.326 e. The van der Waals surface area contributed by atoms with Crippen LogP contribution in [-0.4, -0.2) is 49.1 Å². The van der Waals surface area contributed by atoms with Crippen LogP contribution >= 0.6 is 0 Å². The van der Waals surface area contributed by atoms with Crippen LogP contribution in [0.15, 0.2) is 29.1 Å². The third-order valence-corrected chi connectivity index (χ3v) is 3.19. The average molecular weight is 334 g/mol. The number of carbonyl (C=O) groups is 3. The number of nitrogens with zero attached hydrogens (tertiary/aromatic N) is 3. The van der Waals surface area contributed by atoms with Gasteiger partial charge in [-0.05, 0) is 12.1 Å². The molecule has 0 saturated heterocycles. The first-order chi connectivity index (χ1) is 11.4. The Morgan fingerprint density at radius 1 is 1.21 bits per heavy atom. The zero-order chi connectivity index (χ0) is 17.7. The van der Waals surface area contributed by atoms with Gasteiger partial charge in [0, 0.05) is 6.42 Å². The average Bonchev–Trinajstić information content (AvgIpc) is 2.53. The molecule has 10 heteroatoms. The molecule has 10 nitrogen and oxygen atoms in total. The first-order valence-electron chi connectivity index (χ1n) is 6.95. The smallest absolute Gasteiger partial charge is 0.326 e. The molecular formula is C14H14N4O6. The highest BCUT2D eigenvalue weighted by molar-refractivity contribution is 5.86. The molecule has 2 rings (SSSR count). The van der Waals surface area contributed by atoms with Crippen molar-refractivity contribution in [1.82, 2.24) is 20.3 Å². The van der Waals surface area contributed by atoms with Crippen molar-refractivity contribution >= 4 is 28.7 Å². The third kappa shape index (κ3) is 4.12. The summed E-state index contributed by atoms with van der Waals surface area (Å²) in [6.07, 6.45) is -0.979. The summed E-state index contributed by atoms with van der Waals surface area (Å²) in [5.41, 5.74) is 0.00400. The highest BCUT2D eigenvalue weighted by atomic mass is 16.4. The van der Waals surface area contributed by atoms with E-state index in [0.717, 1.165) is 4.68 Å². The van der Waals surface area contributed by atoms with Gasteiger partial charge in [-0.25, -0.2) is 9.48 Å². The lowest BCUT2D eigenvalue weighted by atomic mass is 10.2. The Bertz CT molecular complexity index is 847. The molecule has 0 aliphatic rings. The highest BCUT2D eigenvalue weighted by Gasteiger charge is 2.22. The van der Waals surface area contributed by atoms with Gasteiger partial charge in [0.05, 0.1) is 18.4 Å². The number of hydrogen-bond donors (Lipinski definition) is 3. The van der Waals surface area contributed by atoms with Crippen LogP contribution in [0.2, 0.25) is 0 Å². The second kappa shape index (κ2) is 7.31. The minimum atomic E-state index is -1.53. The van der Waals surface area contributed by atoms with Crippen molar-refractivity contribution in [2.75, 3.05) is 0 Å². The van der Waals surface area contributed by atoms with Crippen molar-refractivity contribution in [3.8, 4) is 0 Å². The molecular weight excluding hydrogens is 320 g/mol. The first kappa shape index (κ1) is 17.1. The number of benzene rings is 1. The number of carboxylic acids is 2. The van der Waals surface area contributed by atoms with E-state index in [-0.39, 0.29) is 13.0 Å². The van der Waals surface area contributed by atoms with Gasteiger partial charge in [0.2, 0.25) is 5.91 Å². The summed E-state index contributed by atoms with van der Waals surface area (Å²) in [4.78, 5) is 45.4. The van der Waals surface area contributed by atoms with E-state index in [4.69, 9.17) is 10.2 Å². The van der Waals surface area contributed by atoms with Crippen LogP contribution in [0.1, 0.15) is 12.8 Å². The summed E-state index contributed by atoms with van der Waals surface area (Å²) in [5, 5.41) is 27.5. The SMILES string of the molecule is O=C(O)C[C@H](NC(=O)CCn1nnc2ccccc2c1=O)C(=O)O. The van der Waals surface area contributed by atoms with Gasteiger partial charge in [-0.1, -0.05) is 17.3 Å². The van der Waals surface area contributed by atoms with E-state index in [0.29, 0.717) is 10.9 Å². The number of rotatable bonds is 7. The minimum Gasteiger partial charge on any atom is -0.481 e. The van der Waals surface area contributed by atoms with Crippen molar-refractivity contribution in [3.05, 3.63) is 34.6 Å². The van der Waals surface area contributed by atoms with Gasteiger partial charge >= 0.3 is 11.9 Å². The van der Waals surface area contributed by atoms with Crippen molar-refractivity contribution in [1.29, 1.82) is 0 Å². The number of carbonyl (C=O) groups excluding carboxylic acids is 1. The van der Waals surface area contributed by atoms with Crippen molar-refractivity contribution < 1.29 is 24.6 Å². The van der Waals surface area contributed by atoms with Crippen LogP contribution in [-0.2, 0) is 20.9 Å². The molecule has 1 heterocycles. The second-order valence-electron chi connectivity index (χ2n) is 4.94. The molecule has 24 heavy (non-hydrogen) atoms. The first-order valence-corrected chi connectivity index (χ1v) is 6.95. The molecule has 0 radical (unpaired) electrons. The summed E-state index contributed by atoms with van der Waals surface area (Å²) in [7, 11) is 0. The highest BCUT2D eigenvalue weighted by Crippen LogP contribution is 2.03. The maximum atomic E-state index is 12.2. The lowest BCUT2D eigenvalue weighted by molar-refractivity contribution is -0.147. The fraction of sp³-hybridized carbons (Fsp3) is 0.286. The Morgan fingerprint density at radius 2 is 1.92 bits per heavy atom. The molecule has 0 bridgehead atoms. The molecule has 1 atom stereocenters. The summed E-state index contributed by atoms with van der Waals surface area (Å²) in [5.74, 6) is -3.50. The summed E-state index contributed by atoms with van der Waals surface area (Å²) >= 11 is 0. The number of fused-ring (bicyclic) bond motifs is 1. The minimum absolute atomic E-state index is 0.109. The molecule has 2 aromatic rings. The van der Waals surface area contributed by atoms with Crippen molar-refractivity contribution in [2.24, 2.45) is 0 Å². The number of nitrogens with one attached hydrogen (secondary N) is 1. The lowest BCUT2D eigenvalue weighted by Crippen LogP contribution is -2.42. The molecule has 3 N–H and O–H groups in total. The molecule has 0 aliphatic heterocycles. The van der Waals surface area contributed by atoms with E-state index < -0.39 is 35.9 Å². The van der Waals surface area contributed by atoms with Gasteiger partial charge in [-0.3, -0.25) is 14.4 Å². The van der Waals surface area contributed by atoms with Crippen LogP contribution < -0.4 is 10.9 Å². The Morgan fingerprint density at radius 3 is 2.58 bits per heavy atom. The molecule has 1 amide bonds. The Hall–Kier alpha value is -3.30. The number of hydrogen-bond acceptors (Lipinski definition) is 6. The second-order valence-corrected chi connectivity index (χ2v) is 4.94. The Balaban J connectivity index is 2.04. The summed E-state index contributed by atoms with van der Waals surface area (Å²) < 4.78 is 0.995. The van der Waals surface area contributed by atoms with E-state index in [1.807, 2.05) is 0 Å². The Labute approximate surface area is 134 Å². The van der Waals surface area contributed by atoms with Gasteiger partial charge in [0.1, 0.15) is 11.6 Å². The van der Waals surface area contributed by atoms with E-state index >= 15 is 0 Å². The zero-order valence-electron chi connectivity index (χ0n) is 12.4. The fourth-order valence-electron chi connectivity index (χ4n) is 2.02.